The van der Waals surface area contributed by atoms with Crippen LogP contribution in [0.5, 0.6) is 0 Å². The SMILES string of the molecule is CC(C)O[SiH](CCc1ccc(C(F)(F)F)cc1)OC(C)C. The molecule has 0 amide bonds. The fourth-order valence-electron chi connectivity index (χ4n) is 1.92. The summed E-state index contributed by atoms with van der Waals surface area (Å²) in [5.74, 6) is 0. The van der Waals surface area contributed by atoms with Gasteiger partial charge in [-0.15, -0.1) is 0 Å². The van der Waals surface area contributed by atoms with Crippen LogP contribution in [0.4, 0.5) is 13.2 Å². The molecule has 0 aromatic heterocycles. The van der Waals surface area contributed by atoms with Gasteiger partial charge in [0.05, 0.1) is 5.56 Å². The van der Waals surface area contributed by atoms with Crippen LogP contribution in [0.15, 0.2) is 24.3 Å². The molecule has 0 fully saturated rings. The summed E-state index contributed by atoms with van der Waals surface area (Å²) >= 11 is 0. The second-order valence-electron chi connectivity index (χ2n) is 5.53. The summed E-state index contributed by atoms with van der Waals surface area (Å²) in [7, 11) is -1.79. The summed E-state index contributed by atoms with van der Waals surface area (Å²) in [6, 6.07) is 6.05. The number of hydrogen-bond acceptors (Lipinski definition) is 2. The highest BCUT2D eigenvalue weighted by molar-refractivity contribution is 6.44. The molecule has 0 heterocycles. The molecule has 0 unspecified atom stereocenters. The first kappa shape index (κ1) is 18.2. The summed E-state index contributed by atoms with van der Waals surface area (Å²) in [5, 5.41) is 0. The van der Waals surface area contributed by atoms with Crippen molar-refractivity contribution >= 4 is 9.28 Å². The van der Waals surface area contributed by atoms with Gasteiger partial charge >= 0.3 is 15.5 Å². The smallest absolute Gasteiger partial charge is 0.394 e. The molecule has 6 heteroatoms. The summed E-state index contributed by atoms with van der Waals surface area (Å²) in [6.07, 6.45) is -3.40. The minimum atomic E-state index is -4.28. The Hall–Kier alpha value is -0.853. The van der Waals surface area contributed by atoms with Crippen molar-refractivity contribution in [3.8, 4) is 0 Å². The highest BCUT2D eigenvalue weighted by Gasteiger charge is 2.30. The van der Waals surface area contributed by atoms with Crippen molar-refractivity contribution < 1.29 is 22.0 Å². The van der Waals surface area contributed by atoms with Crippen LogP contribution in [0.2, 0.25) is 6.04 Å². The van der Waals surface area contributed by atoms with Crippen molar-refractivity contribution in [3.63, 3.8) is 0 Å². The van der Waals surface area contributed by atoms with Crippen molar-refractivity contribution in [2.45, 2.75) is 58.5 Å². The lowest BCUT2D eigenvalue weighted by Gasteiger charge is -2.21. The zero-order chi connectivity index (χ0) is 16.0. The number of aryl methyl sites for hydroxylation is 1. The Kier molecular flexibility index (Phi) is 6.90. The van der Waals surface area contributed by atoms with E-state index in [-0.39, 0.29) is 12.2 Å². The lowest BCUT2D eigenvalue weighted by Crippen LogP contribution is -2.29. The van der Waals surface area contributed by atoms with Crippen LogP contribution in [-0.2, 0) is 21.4 Å². The largest absolute Gasteiger partial charge is 0.416 e. The molecule has 1 aromatic carbocycles. The Bertz CT molecular complexity index is 406. The summed E-state index contributed by atoms with van der Waals surface area (Å²) in [6.45, 7) is 7.84. The van der Waals surface area contributed by atoms with E-state index >= 15 is 0 Å². The van der Waals surface area contributed by atoms with Gasteiger partial charge in [-0.1, -0.05) is 12.1 Å². The van der Waals surface area contributed by atoms with E-state index in [0.717, 1.165) is 23.7 Å². The summed E-state index contributed by atoms with van der Waals surface area (Å²) in [5.41, 5.74) is 0.261. The molecule has 0 N–H and O–H groups in total. The van der Waals surface area contributed by atoms with E-state index in [1.165, 1.54) is 12.1 Å². The second-order valence-corrected chi connectivity index (χ2v) is 7.51. The minimum Gasteiger partial charge on any atom is -0.394 e. The molecule has 1 rings (SSSR count). The Balaban J connectivity index is 2.59. The third-order valence-electron chi connectivity index (χ3n) is 2.80. The molecule has 21 heavy (non-hydrogen) atoms. The Labute approximate surface area is 126 Å². The predicted molar refractivity (Wildman–Crippen MR) is 79.5 cm³/mol. The molecule has 1 aromatic rings. The molecular weight excluding hydrogens is 297 g/mol. The topological polar surface area (TPSA) is 18.5 Å². The Morgan fingerprint density at radius 3 is 1.81 bits per heavy atom. The number of benzene rings is 1. The van der Waals surface area contributed by atoms with Crippen LogP contribution in [0.1, 0.15) is 38.8 Å². The van der Waals surface area contributed by atoms with Gasteiger partial charge in [-0.2, -0.15) is 13.2 Å². The quantitative estimate of drug-likeness (QED) is 0.697. The van der Waals surface area contributed by atoms with Gasteiger partial charge < -0.3 is 8.85 Å². The fourth-order valence-corrected chi connectivity index (χ4v) is 4.04. The van der Waals surface area contributed by atoms with E-state index in [4.69, 9.17) is 8.85 Å². The van der Waals surface area contributed by atoms with Gasteiger partial charge in [0.1, 0.15) is 0 Å². The maximum absolute atomic E-state index is 12.5. The minimum absolute atomic E-state index is 0.105. The lowest BCUT2D eigenvalue weighted by atomic mass is 10.1. The molecule has 0 aliphatic rings. The Morgan fingerprint density at radius 1 is 0.952 bits per heavy atom. The van der Waals surface area contributed by atoms with Crippen molar-refractivity contribution in [2.24, 2.45) is 0 Å². The zero-order valence-electron chi connectivity index (χ0n) is 12.9. The molecule has 0 radical (unpaired) electrons. The van der Waals surface area contributed by atoms with Gasteiger partial charge in [-0.25, -0.2) is 0 Å². The molecule has 0 aliphatic heterocycles. The molecule has 0 aliphatic carbocycles. The zero-order valence-corrected chi connectivity index (χ0v) is 14.1. The van der Waals surface area contributed by atoms with E-state index in [2.05, 4.69) is 0 Å². The van der Waals surface area contributed by atoms with E-state index in [9.17, 15) is 13.2 Å². The Morgan fingerprint density at radius 2 is 1.43 bits per heavy atom. The van der Waals surface area contributed by atoms with Crippen molar-refractivity contribution in [1.82, 2.24) is 0 Å². The molecule has 2 nitrogen and oxygen atoms in total. The van der Waals surface area contributed by atoms with Crippen LogP contribution in [-0.4, -0.2) is 21.5 Å². The van der Waals surface area contributed by atoms with Crippen LogP contribution < -0.4 is 0 Å². The highest BCUT2D eigenvalue weighted by atomic mass is 28.3. The monoisotopic (exact) mass is 320 g/mol. The average molecular weight is 320 g/mol. The van der Waals surface area contributed by atoms with Gasteiger partial charge in [0.25, 0.3) is 0 Å². The van der Waals surface area contributed by atoms with Gasteiger partial charge in [0.15, 0.2) is 0 Å². The predicted octanol–water partition coefficient (Wildman–Crippen LogP) is 4.32. The van der Waals surface area contributed by atoms with Crippen LogP contribution in [0.25, 0.3) is 0 Å². The van der Waals surface area contributed by atoms with Crippen molar-refractivity contribution in [1.29, 1.82) is 0 Å². The molecule has 0 saturated carbocycles. The summed E-state index contributed by atoms with van der Waals surface area (Å²) < 4.78 is 49.1. The molecular formula is C15H23F3O2Si. The maximum Gasteiger partial charge on any atom is 0.416 e. The van der Waals surface area contributed by atoms with E-state index < -0.39 is 21.0 Å². The molecule has 0 bridgehead atoms. The second kappa shape index (κ2) is 7.96. The van der Waals surface area contributed by atoms with Gasteiger partial charge in [0, 0.05) is 12.2 Å². The molecule has 0 atom stereocenters. The van der Waals surface area contributed by atoms with Gasteiger partial charge in [0.2, 0.25) is 0 Å². The lowest BCUT2D eigenvalue weighted by molar-refractivity contribution is -0.137. The molecule has 0 saturated heterocycles. The third-order valence-corrected chi connectivity index (χ3v) is 5.25. The van der Waals surface area contributed by atoms with Gasteiger partial charge in [-0.05, 0) is 57.9 Å². The number of alkyl halides is 3. The standard InChI is InChI=1S/C15H23F3O2Si/c1-11(2)19-21(20-12(3)4)10-9-13-5-7-14(8-6-13)15(16,17)18/h5-8,11-12,21H,9-10H2,1-4H3. The van der Waals surface area contributed by atoms with Crippen LogP contribution in [0, 0.1) is 0 Å². The average Bonchev–Trinajstić information content (AvgIpc) is 2.34. The maximum atomic E-state index is 12.5. The first-order chi connectivity index (χ1) is 9.68. The van der Waals surface area contributed by atoms with E-state index in [1.54, 1.807) is 0 Å². The van der Waals surface area contributed by atoms with Crippen molar-refractivity contribution in [2.75, 3.05) is 0 Å². The first-order valence-electron chi connectivity index (χ1n) is 7.15. The first-order valence-corrected chi connectivity index (χ1v) is 8.91. The van der Waals surface area contributed by atoms with E-state index in [1.807, 2.05) is 27.7 Å². The van der Waals surface area contributed by atoms with Crippen molar-refractivity contribution in [3.05, 3.63) is 35.4 Å². The van der Waals surface area contributed by atoms with E-state index in [0.29, 0.717) is 6.42 Å². The third kappa shape index (κ3) is 7.11. The molecule has 0 spiro atoms. The summed E-state index contributed by atoms with van der Waals surface area (Å²) in [4.78, 5) is 0. The normalized spacial score (nSPS) is 12.7. The fraction of sp³-hybridized carbons (Fsp3) is 0.600. The van der Waals surface area contributed by atoms with Gasteiger partial charge in [-0.3, -0.25) is 0 Å². The van der Waals surface area contributed by atoms with Crippen LogP contribution >= 0.6 is 0 Å². The number of halogens is 3. The molecule has 120 valence electrons. The number of hydrogen-bond donors (Lipinski definition) is 0. The highest BCUT2D eigenvalue weighted by Crippen LogP contribution is 2.29. The number of rotatable bonds is 7. The van der Waals surface area contributed by atoms with Crippen LogP contribution in [0.3, 0.4) is 0 Å².